The molecule has 1 N–H and O–H groups in total. The van der Waals surface area contributed by atoms with E-state index in [9.17, 15) is 5.11 Å². The van der Waals surface area contributed by atoms with Crippen LogP contribution in [0.2, 0.25) is 0 Å². The van der Waals surface area contributed by atoms with Crippen LogP contribution >= 0.6 is 0 Å². The Morgan fingerprint density at radius 3 is 2.42 bits per heavy atom. The lowest BCUT2D eigenvalue weighted by Gasteiger charge is -2.28. The number of phenols is 1. The molecule has 1 saturated heterocycles. The van der Waals surface area contributed by atoms with Crippen molar-refractivity contribution in [3.05, 3.63) is 83.4 Å². The second-order valence-corrected chi connectivity index (χ2v) is 8.80. The third-order valence-corrected chi connectivity index (χ3v) is 6.84. The van der Waals surface area contributed by atoms with Crippen LogP contribution in [0.5, 0.6) is 11.5 Å². The van der Waals surface area contributed by atoms with Crippen molar-refractivity contribution in [1.29, 1.82) is 0 Å². The average Bonchev–Trinajstić information content (AvgIpc) is 3.33. The third kappa shape index (κ3) is 4.33. The van der Waals surface area contributed by atoms with Gasteiger partial charge in [0.15, 0.2) is 0 Å². The van der Waals surface area contributed by atoms with Gasteiger partial charge in [0.05, 0.1) is 0 Å². The number of aromatic hydroxyl groups is 1. The summed E-state index contributed by atoms with van der Waals surface area (Å²) < 4.78 is 6.00. The van der Waals surface area contributed by atoms with Gasteiger partial charge in [-0.05, 0) is 85.6 Å². The second-order valence-electron chi connectivity index (χ2n) is 8.80. The van der Waals surface area contributed by atoms with Crippen LogP contribution in [0.3, 0.4) is 0 Å². The number of rotatable bonds is 6. The molecule has 1 aliphatic heterocycles. The molecule has 1 fully saturated rings. The van der Waals surface area contributed by atoms with Crippen LogP contribution in [0.25, 0.3) is 11.1 Å². The van der Waals surface area contributed by atoms with Crippen LogP contribution in [0.15, 0.2) is 66.7 Å². The molecule has 0 bridgehead atoms. The molecule has 2 aliphatic rings. The monoisotopic (exact) mass is 413 g/mol. The van der Waals surface area contributed by atoms with Gasteiger partial charge < -0.3 is 9.84 Å². The lowest BCUT2D eigenvalue weighted by Crippen LogP contribution is -2.25. The van der Waals surface area contributed by atoms with Gasteiger partial charge >= 0.3 is 0 Å². The van der Waals surface area contributed by atoms with E-state index in [1.807, 2.05) is 24.3 Å². The molecule has 160 valence electrons. The fourth-order valence-corrected chi connectivity index (χ4v) is 5.25. The SMILES string of the molecule is Oc1ccc2c(c1-c1ccccc1)CCC[C@@H]2c1ccc(OCCN2CCCC2)cc1. The number of hydrogen-bond acceptors (Lipinski definition) is 3. The number of ether oxygens (including phenoxy) is 1. The second kappa shape index (κ2) is 9.15. The van der Waals surface area contributed by atoms with Crippen LogP contribution in [0.4, 0.5) is 0 Å². The van der Waals surface area contributed by atoms with Crippen molar-refractivity contribution in [2.24, 2.45) is 0 Å². The van der Waals surface area contributed by atoms with E-state index >= 15 is 0 Å². The Labute approximate surface area is 185 Å². The number of nitrogens with zero attached hydrogens (tertiary/aromatic N) is 1. The maximum atomic E-state index is 10.7. The summed E-state index contributed by atoms with van der Waals surface area (Å²) in [5, 5.41) is 10.7. The zero-order valence-corrected chi connectivity index (χ0v) is 18.1. The van der Waals surface area contributed by atoms with Gasteiger partial charge in [-0.3, -0.25) is 4.90 Å². The lowest BCUT2D eigenvalue weighted by atomic mass is 9.76. The van der Waals surface area contributed by atoms with Crippen LogP contribution in [-0.4, -0.2) is 36.2 Å². The minimum atomic E-state index is 0.366. The quantitative estimate of drug-likeness (QED) is 0.538. The molecule has 31 heavy (non-hydrogen) atoms. The first kappa shape index (κ1) is 20.1. The zero-order valence-electron chi connectivity index (χ0n) is 18.1. The Morgan fingerprint density at radius 1 is 0.871 bits per heavy atom. The molecule has 0 spiro atoms. The van der Waals surface area contributed by atoms with E-state index in [1.165, 1.54) is 42.6 Å². The van der Waals surface area contributed by atoms with Crippen molar-refractivity contribution in [3.8, 4) is 22.6 Å². The van der Waals surface area contributed by atoms with E-state index in [-0.39, 0.29) is 0 Å². The molecule has 0 aromatic heterocycles. The zero-order chi connectivity index (χ0) is 21.0. The molecular weight excluding hydrogens is 382 g/mol. The number of fused-ring (bicyclic) bond motifs is 1. The summed E-state index contributed by atoms with van der Waals surface area (Å²) in [4.78, 5) is 2.48. The average molecular weight is 414 g/mol. The van der Waals surface area contributed by atoms with E-state index in [1.54, 1.807) is 0 Å². The molecule has 0 radical (unpaired) electrons. The molecule has 1 atom stereocenters. The van der Waals surface area contributed by atoms with Crippen molar-refractivity contribution < 1.29 is 9.84 Å². The molecule has 3 aromatic rings. The van der Waals surface area contributed by atoms with Crippen molar-refractivity contribution in [2.75, 3.05) is 26.2 Å². The van der Waals surface area contributed by atoms with Gasteiger partial charge in [0.2, 0.25) is 0 Å². The summed E-state index contributed by atoms with van der Waals surface area (Å²) in [5.74, 6) is 1.70. The Morgan fingerprint density at radius 2 is 1.65 bits per heavy atom. The summed E-state index contributed by atoms with van der Waals surface area (Å²) in [7, 11) is 0. The van der Waals surface area contributed by atoms with Gasteiger partial charge in [-0.25, -0.2) is 0 Å². The number of benzene rings is 3. The number of phenolic OH excluding ortho intramolecular Hbond substituents is 1. The van der Waals surface area contributed by atoms with Gasteiger partial charge in [-0.2, -0.15) is 0 Å². The standard InChI is InChI=1S/C28H31NO2/c30-27-16-15-25-24(9-6-10-26(25)28(27)22-7-2-1-3-8-22)21-11-13-23(14-12-21)31-20-19-29-17-4-5-18-29/h1-3,7-8,11-16,24,30H,4-6,9-10,17-20H2/t24-/m1/s1. The van der Waals surface area contributed by atoms with Crippen molar-refractivity contribution >= 4 is 0 Å². The Kier molecular flexibility index (Phi) is 5.95. The first-order valence-electron chi connectivity index (χ1n) is 11.6. The lowest BCUT2D eigenvalue weighted by molar-refractivity contribution is 0.237. The largest absolute Gasteiger partial charge is 0.507 e. The highest BCUT2D eigenvalue weighted by Gasteiger charge is 2.25. The molecule has 1 aliphatic carbocycles. The van der Waals surface area contributed by atoms with Gasteiger partial charge in [-0.1, -0.05) is 48.5 Å². The van der Waals surface area contributed by atoms with Crippen LogP contribution in [0, 0.1) is 0 Å². The summed E-state index contributed by atoms with van der Waals surface area (Å²) >= 11 is 0. The Balaban J connectivity index is 1.35. The highest BCUT2D eigenvalue weighted by molar-refractivity contribution is 5.76. The third-order valence-electron chi connectivity index (χ3n) is 6.84. The first-order chi connectivity index (χ1) is 15.3. The minimum Gasteiger partial charge on any atom is -0.507 e. The Bertz CT molecular complexity index is 1010. The maximum Gasteiger partial charge on any atom is 0.123 e. The van der Waals surface area contributed by atoms with Crippen molar-refractivity contribution in [2.45, 2.75) is 38.0 Å². The molecule has 0 amide bonds. The summed E-state index contributed by atoms with van der Waals surface area (Å²) in [6.45, 7) is 4.20. The molecule has 0 unspecified atom stereocenters. The predicted molar refractivity (Wildman–Crippen MR) is 126 cm³/mol. The summed E-state index contributed by atoms with van der Waals surface area (Å²) in [6.07, 6.45) is 5.93. The molecule has 1 heterocycles. The molecule has 0 saturated carbocycles. The first-order valence-corrected chi connectivity index (χ1v) is 11.6. The summed E-state index contributed by atoms with van der Waals surface area (Å²) in [6, 6.07) is 23.0. The van der Waals surface area contributed by atoms with Crippen molar-refractivity contribution in [1.82, 2.24) is 4.90 Å². The maximum absolute atomic E-state index is 10.7. The fourth-order valence-electron chi connectivity index (χ4n) is 5.25. The van der Waals surface area contributed by atoms with Crippen LogP contribution < -0.4 is 4.74 Å². The van der Waals surface area contributed by atoms with Crippen LogP contribution in [0.1, 0.15) is 48.3 Å². The van der Waals surface area contributed by atoms with E-state index in [0.29, 0.717) is 11.7 Å². The highest BCUT2D eigenvalue weighted by atomic mass is 16.5. The fraction of sp³-hybridized carbons (Fsp3) is 0.357. The minimum absolute atomic E-state index is 0.366. The van der Waals surface area contributed by atoms with Gasteiger partial charge in [-0.15, -0.1) is 0 Å². The normalized spacial score (nSPS) is 18.6. The molecular formula is C28H31NO2. The number of likely N-dealkylation sites (tertiary alicyclic amines) is 1. The molecule has 3 aromatic carbocycles. The van der Waals surface area contributed by atoms with E-state index in [4.69, 9.17) is 4.74 Å². The summed E-state index contributed by atoms with van der Waals surface area (Å²) in [5.41, 5.74) is 6.08. The Hall–Kier alpha value is -2.78. The smallest absolute Gasteiger partial charge is 0.123 e. The van der Waals surface area contributed by atoms with Gasteiger partial charge in [0.25, 0.3) is 0 Å². The molecule has 3 nitrogen and oxygen atoms in total. The highest BCUT2D eigenvalue weighted by Crippen LogP contribution is 2.44. The van der Waals surface area contributed by atoms with Crippen molar-refractivity contribution in [3.63, 3.8) is 0 Å². The topological polar surface area (TPSA) is 32.7 Å². The van der Waals surface area contributed by atoms with E-state index in [0.717, 1.165) is 49.3 Å². The molecule has 3 heteroatoms. The van der Waals surface area contributed by atoms with Crippen LogP contribution in [-0.2, 0) is 6.42 Å². The molecule has 5 rings (SSSR count). The van der Waals surface area contributed by atoms with E-state index in [2.05, 4.69) is 47.4 Å². The predicted octanol–water partition coefficient (Wildman–Crippen LogP) is 6.00. The van der Waals surface area contributed by atoms with Gasteiger partial charge in [0, 0.05) is 18.0 Å². The van der Waals surface area contributed by atoms with E-state index < -0.39 is 0 Å². The van der Waals surface area contributed by atoms with Gasteiger partial charge in [0.1, 0.15) is 18.1 Å². The number of hydrogen-bond donors (Lipinski definition) is 1.